The van der Waals surface area contributed by atoms with Gasteiger partial charge in [-0.05, 0) is 69.6 Å². The number of hydrogen-bond acceptors (Lipinski definition) is 3. The first-order valence-electron chi connectivity index (χ1n) is 10.4. The summed E-state index contributed by atoms with van der Waals surface area (Å²) < 4.78 is 0. The number of rotatable bonds is 5. The van der Waals surface area contributed by atoms with Crippen molar-refractivity contribution in [2.75, 3.05) is 24.5 Å². The number of nitrogens with one attached hydrogen (secondary N) is 2. The molecule has 1 aliphatic carbocycles. The van der Waals surface area contributed by atoms with Crippen molar-refractivity contribution in [2.45, 2.75) is 51.9 Å². The SMILES string of the molecule is Cc1ccc2nc(N3CCC[C@H](C(=O)NCCC4=CCCCC4)C3)[nH]c2c1. The number of hydrogen-bond donors (Lipinski definition) is 2. The number of aryl methyl sites for hydroxylation is 1. The Balaban J connectivity index is 1.34. The Hall–Kier alpha value is -2.30. The monoisotopic (exact) mass is 366 g/mol. The van der Waals surface area contributed by atoms with Crippen molar-refractivity contribution in [3.8, 4) is 0 Å². The highest BCUT2D eigenvalue weighted by atomic mass is 16.1. The maximum Gasteiger partial charge on any atom is 0.224 e. The van der Waals surface area contributed by atoms with Gasteiger partial charge in [-0.15, -0.1) is 0 Å². The Labute approximate surface area is 161 Å². The van der Waals surface area contributed by atoms with E-state index in [1.807, 2.05) is 0 Å². The van der Waals surface area contributed by atoms with Crippen LogP contribution in [-0.2, 0) is 4.79 Å². The van der Waals surface area contributed by atoms with Gasteiger partial charge in [-0.3, -0.25) is 4.79 Å². The molecule has 27 heavy (non-hydrogen) atoms. The quantitative estimate of drug-likeness (QED) is 0.784. The Morgan fingerprint density at radius 1 is 1.33 bits per heavy atom. The summed E-state index contributed by atoms with van der Waals surface area (Å²) in [5.41, 5.74) is 4.80. The van der Waals surface area contributed by atoms with Crippen LogP contribution in [0.15, 0.2) is 29.8 Å². The lowest BCUT2D eigenvalue weighted by atomic mass is 9.96. The number of carbonyl (C=O) groups is 1. The van der Waals surface area contributed by atoms with E-state index in [2.05, 4.69) is 46.4 Å². The second-order valence-electron chi connectivity index (χ2n) is 8.02. The number of piperidine rings is 1. The summed E-state index contributed by atoms with van der Waals surface area (Å²) in [7, 11) is 0. The molecule has 1 saturated heterocycles. The van der Waals surface area contributed by atoms with E-state index in [0.717, 1.165) is 55.9 Å². The molecule has 144 valence electrons. The van der Waals surface area contributed by atoms with Gasteiger partial charge in [0.25, 0.3) is 0 Å². The average Bonchev–Trinajstić information content (AvgIpc) is 3.12. The van der Waals surface area contributed by atoms with E-state index in [-0.39, 0.29) is 11.8 Å². The van der Waals surface area contributed by atoms with Crippen LogP contribution in [0.4, 0.5) is 5.95 Å². The second kappa shape index (κ2) is 8.15. The van der Waals surface area contributed by atoms with E-state index in [9.17, 15) is 4.79 Å². The predicted molar refractivity (Wildman–Crippen MR) is 110 cm³/mol. The highest BCUT2D eigenvalue weighted by molar-refractivity contribution is 5.80. The zero-order valence-corrected chi connectivity index (χ0v) is 16.3. The second-order valence-corrected chi connectivity index (χ2v) is 8.02. The normalized spacial score (nSPS) is 20.6. The van der Waals surface area contributed by atoms with Gasteiger partial charge >= 0.3 is 0 Å². The fourth-order valence-corrected chi connectivity index (χ4v) is 4.27. The molecule has 1 fully saturated rings. The van der Waals surface area contributed by atoms with E-state index in [0.29, 0.717) is 0 Å². The number of carbonyl (C=O) groups excluding carboxylic acids is 1. The smallest absolute Gasteiger partial charge is 0.224 e. The fraction of sp³-hybridized carbons (Fsp3) is 0.545. The van der Waals surface area contributed by atoms with Crippen LogP contribution in [0.2, 0.25) is 0 Å². The molecule has 0 saturated carbocycles. The molecule has 1 amide bonds. The third-order valence-corrected chi connectivity index (χ3v) is 5.85. The van der Waals surface area contributed by atoms with E-state index in [4.69, 9.17) is 4.98 Å². The van der Waals surface area contributed by atoms with Crippen molar-refractivity contribution < 1.29 is 4.79 Å². The van der Waals surface area contributed by atoms with Crippen LogP contribution in [0, 0.1) is 12.8 Å². The molecule has 0 unspecified atom stereocenters. The van der Waals surface area contributed by atoms with Gasteiger partial charge in [-0.25, -0.2) is 4.98 Å². The van der Waals surface area contributed by atoms with E-state index in [1.165, 1.54) is 36.8 Å². The highest BCUT2D eigenvalue weighted by Gasteiger charge is 2.27. The zero-order chi connectivity index (χ0) is 18.6. The Kier molecular flexibility index (Phi) is 5.46. The molecule has 0 radical (unpaired) electrons. The number of imidazole rings is 1. The number of nitrogens with zero attached hydrogens (tertiary/aromatic N) is 2. The first-order valence-corrected chi connectivity index (χ1v) is 10.4. The number of aromatic nitrogens is 2. The summed E-state index contributed by atoms with van der Waals surface area (Å²) in [6.45, 7) is 4.55. The lowest BCUT2D eigenvalue weighted by Gasteiger charge is -2.31. The number of fused-ring (bicyclic) bond motifs is 1. The minimum Gasteiger partial charge on any atom is -0.355 e. The number of aromatic amines is 1. The molecule has 2 aromatic rings. The largest absolute Gasteiger partial charge is 0.355 e. The van der Waals surface area contributed by atoms with Crippen molar-refractivity contribution in [1.82, 2.24) is 15.3 Å². The Bertz CT molecular complexity index is 838. The molecule has 1 aromatic heterocycles. The maximum atomic E-state index is 12.6. The van der Waals surface area contributed by atoms with Gasteiger partial charge in [0, 0.05) is 19.6 Å². The molecule has 2 N–H and O–H groups in total. The molecule has 2 heterocycles. The molecule has 0 bridgehead atoms. The molecule has 1 aliphatic heterocycles. The molecule has 2 aliphatic rings. The van der Waals surface area contributed by atoms with Crippen LogP contribution in [0.1, 0.15) is 50.5 Å². The molecule has 5 nitrogen and oxygen atoms in total. The van der Waals surface area contributed by atoms with E-state index < -0.39 is 0 Å². The highest BCUT2D eigenvalue weighted by Crippen LogP contribution is 2.24. The van der Waals surface area contributed by atoms with Crippen molar-refractivity contribution in [3.05, 3.63) is 35.4 Å². The van der Waals surface area contributed by atoms with Crippen LogP contribution < -0.4 is 10.2 Å². The van der Waals surface area contributed by atoms with Gasteiger partial charge in [-0.2, -0.15) is 0 Å². The van der Waals surface area contributed by atoms with Crippen molar-refractivity contribution >= 4 is 22.9 Å². The van der Waals surface area contributed by atoms with Crippen LogP contribution in [0.25, 0.3) is 11.0 Å². The Morgan fingerprint density at radius 2 is 2.26 bits per heavy atom. The van der Waals surface area contributed by atoms with Crippen LogP contribution in [-0.4, -0.2) is 35.5 Å². The van der Waals surface area contributed by atoms with Gasteiger partial charge in [0.05, 0.1) is 17.0 Å². The molecular formula is C22H30N4O. The lowest BCUT2D eigenvalue weighted by molar-refractivity contribution is -0.125. The summed E-state index contributed by atoms with van der Waals surface area (Å²) in [6, 6.07) is 6.26. The molecular weight excluding hydrogens is 336 g/mol. The van der Waals surface area contributed by atoms with Crippen LogP contribution in [0.5, 0.6) is 0 Å². The van der Waals surface area contributed by atoms with Gasteiger partial charge in [0.2, 0.25) is 11.9 Å². The van der Waals surface area contributed by atoms with Gasteiger partial charge in [0.15, 0.2) is 0 Å². The van der Waals surface area contributed by atoms with Crippen LogP contribution >= 0.6 is 0 Å². The average molecular weight is 367 g/mol. The number of benzene rings is 1. The van der Waals surface area contributed by atoms with Crippen molar-refractivity contribution in [2.24, 2.45) is 5.92 Å². The summed E-state index contributed by atoms with van der Waals surface area (Å²) in [5, 5.41) is 3.17. The number of amides is 1. The van der Waals surface area contributed by atoms with E-state index >= 15 is 0 Å². The first kappa shape index (κ1) is 18.1. The number of H-pyrrole nitrogens is 1. The third kappa shape index (κ3) is 4.34. The first-order chi connectivity index (χ1) is 13.2. The van der Waals surface area contributed by atoms with Crippen molar-refractivity contribution in [1.29, 1.82) is 0 Å². The third-order valence-electron chi connectivity index (χ3n) is 5.85. The minimum absolute atomic E-state index is 0.0500. The lowest BCUT2D eigenvalue weighted by Crippen LogP contribution is -2.43. The summed E-state index contributed by atoms with van der Waals surface area (Å²) in [4.78, 5) is 23.0. The molecule has 0 spiro atoms. The summed E-state index contributed by atoms with van der Waals surface area (Å²) in [6.07, 6.45) is 10.4. The standard InChI is InChI=1S/C22H30N4O/c1-16-9-10-19-20(14-16)25-22(24-19)26-13-5-8-18(15-26)21(27)23-12-11-17-6-3-2-4-7-17/h6,9-10,14,18H,2-5,7-8,11-13,15H2,1H3,(H,23,27)(H,24,25)/t18-/m0/s1. The van der Waals surface area contributed by atoms with E-state index in [1.54, 1.807) is 0 Å². The molecule has 5 heteroatoms. The molecule has 1 atom stereocenters. The molecule has 1 aromatic carbocycles. The molecule has 4 rings (SSSR count). The Morgan fingerprint density at radius 3 is 3.11 bits per heavy atom. The fourth-order valence-electron chi connectivity index (χ4n) is 4.27. The topological polar surface area (TPSA) is 61.0 Å². The van der Waals surface area contributed by atoms with Gasteiger partial charge in [-0.1, -0.05) is 17.7 Å². The maximum absolute atomic E-state index is 12.6. The minimum atomic E-state index is 0.0500. The van der Waals surface area contributed by atoms with Crippen LogP contribution in [0.3, 0.4) is 0 Å². The van der Waals surface area contributed by atoms with Gasteiger partial charge < -0.3 is 15.2 Å². The van der Waals surface area contributed by atoms with Crippen molar-refractivity contribution in [3.63, 3.8) is 0 Å². The summed E-state index contributed by atoms with van der Waals surface area (Å²) in [5.74, 6) is 1.14. The number of allylic oxidation sites excluding steroid dienone is 1. The number of anilines is 1. The summed E-state index contributed by atoms with van der Waals surface area (Å²) >= 11 is 0. The van der Waals surface area contributed by atoms with Gasteiger partial charge in [0.1, 0.15) is 0 Å². The predicted octanol–water partition coefficient (Wildman–Crippen LogP) is 4.09. The zero-order valence-electron chi connectivity index (χ0n) is 16.3.